The molecule has 2 aliphatic heterocycles. The summed E-state index contributed by atoms with van der Waals surface area (Å²) in [4.78, 5) is 31.8. The summed E-state index contributed by atoms with van der Waals surface area (Å²) in [6.45, 7) is 6.82. The van der Waals surface area contributed by atoms with Crippen molar-refractivity contribution >= 4 is 27.7 Å². The molecule has 27 heavy (non-hydrogen) atoms. The molecule has 1 aromatic rings. The van der Waals surface area contributed by atoms with Gasteiger partial charge in [-0.25, -0.2) is 0 Å². The van der Waals surface area contributed by atoms with Crippen molar-refractivity contribution in [2.45, 2.75) is 19.3 Å². The second-order valence-corrected chi connectivity index (χ2v) is 8.18. The van der Waals surface area contributed by atoms with E-state index in [9.17, 15) is 9.59 Å². The average molecular weight is 437 g/mol. The molecule has 1 aromatic carbocycles. The number of likely N-dealkylation sites (tertiary alicyclic amines) is 1. The predicted octanol–water partition coefficient (Wildman–Crippen LogP) is 1.81. The lowest BCUT2D eigenvalue weighted by atomic mass is 10.1. The third kappa shape index (κ3) is 6.02. The van der Waals surface area contributed by atoms with Crippen LogP contribution in [0, 0.1) is 0 Å². The predicted molar refractivity (Wildman–Crippen MR) is 110 cm³/mol. The normalized spacial score (nSPS) is 18.3. The summed E-state index contributed by atoms with van der Waals surface area (Å²) in [5, 5.41) is 3.26. The number of halogens is 1. The van der Waals surface area contributed by atoms with Gasteiger partial charge >= 0.3 is 0 Å². The molecular weight excluding hydrogens is 408 g/mol. The van der Waals surface area contributed by atoms with Crippen LogP contribution in [0.4, 0.5) is 0 Å². The first-order valence-electron chi connectivity index (χ1n) is 9.89. The molecule has 148 valence electrons. The van der Waals surface area contributed by atoms with Crippen LogP contribution in [0.25, 0.3) is 0 Å². The van der Waals surface area contributed by atoms with E-state index in [1.165, 1.54) is 19.3 Å². The molecule has 2 aliphatic rings. The highest BCUT2D eigenvalue weighted by Gasteiger charge is 2.24. The topological polar surface area (TPSA) is 55.9 Å². The van der Waals surface area contributed by atoms with Gasteiger partial charge in [0.25, 0.3) is 5.91 Å². The molecule has 0 radical (unpaired) electrons. The third-order valence-corrected chi connectivity index (χ3v) is 5.84. The lowest BCUT2D eigenvalue weighted by Gasteiger charge is -2.32. The van der Waals surface area contributed by atoms with Crippen molar-refractivity contribution in [1.82, 2.24) is 20.0 Å². The van der Waals surface area contributed by atoms with Crippen LogP contribution in [-0.4, -0.2) is 85.4 Å². The van der Waals surface area contributed by atoms with Crippen LogP contribution in [0.5, 0.6) is 0 Å². The van der Waals surface area contributed by atoms with Crippen molar-refractivity contribution in [2.24, 2.45) is 0 Å². The number of carbonyl (C=O) groups excluding carboxylic acids is 2. The maximum absolute atomic E-state index is 13.1. The highest BCUT2D eigenvalue weighted by Crippen LogP contribution is 2.14. The fraction of sp³-hybridized carbons (Fsp3) is 0.600. The van der Waals surface area contributed by atoms with Gasteiger partial charge in [-0.3, -0.25) is 9.59 Å². The summed E-state index contributed by atoms with van der Waals surface area (Å²) in [7, 11) is 0. The van der Waals surface area contributed by atoms with Crippen LogP contribution in [0.15, 0.2) is 28.7 Å². The maximum Gasteiger partial charge on any atom is 0.254 e. The Kier molecular flexibility index (Phi) is 7.67. The minimum atomic E-state index is -0.0667. The summed E-state index contributed by atoms with van der Waals surface area (Å²) in [5.74, 6) is -0.0244. The number of benzene rings is 1. The Labute approximate surface area is 170 Å². The van der Waals surface area contributed by atoms with E-state index in [2.05, 4.69) is 26.1 Å². The molecule has 2 heterocycles. The minimum Gasteiger partial charge on any atom is -0.339 e. The Hall–Kier alpha value is -1.44. The van der Waals surface area contributed by atoms with E-state index in [-0.39, 0.29) is 18.4 Å². The number of piperidine rings is 1. The monoisotopic (exact) mass is 436 g/mol. The number of nitrogens with one attached hydrogen (secondary N) is 1. The third-order valence-electron chi connectivity index (χ3n) is 5.31. The first kappa shape index (κ1) is 20.3. The molecule has 0 atom stereocenters. The number of rotatable bonds is 6. The van der Waals surface area contributed by atoms with E-state index >= 15 is 0 Å². The van der Waals surface area contributed by atoms with Gasteiger partial charge in [-0.2, -0.15) is 0 Å². The van der Waals surface area contributed by atoms with Crippen LogP contribution in [-0.2, 0) is 4.79 Å². The number of piperazine rings is 1. The van der Waals surface area contributed by atoms with E-state index in [0.29, 0.717) is 25.2 Å². The number of hydrogen-bond donors (Lipinski definition) is 1. The largest absolute Gasteiger partial charge is 0.339 e. The second kappa shape index (κ2) is 10.2. The van der Waals surface area contributed by atoms with E-state index < -0.39 is 0 Å². The lowest BCUT2D eigenvalue weighted by Crippen LogP contribution is -2.51. The Balaban J connectivity index is 1.65. The van der Waals surface area contributed by atoms with E-state index in [4.69, 9.17) is 0 Å². The summed E-state index contributed by atoms with van der Waals surface area (Å²) >= 11 is 3.41. The first-order chi connectivity index (χ1) is 13.1. The van der Waals surface area contributed by atoms with Gasteiger partial charge < -0.3 is 20.0 Å². The number of amides is 2. The standard InChI is InChI=1S/C20H29BrN4O2/c21-18-6-4-17(5-7-18)20(27)25(15-14-23-10-2-1-3-11-23)16-19(26)24-12-8-22-9-13-24/h4-7,22H,1-3,8-16H2. The molecule has 2 fully saturated rings. The number of nitrogens with zero attached hydrogens (tertiary/aromatic N) is 3. The van der Waals surface area contributed by atoms with Crippen LogP contribution >= 0.6 is 15.9 Å². The van der Waals surface area contributed by atoms with Gasteiger partial charge in [0.05, 0.1) is 0 Å². The smallest absolute Gasteiger partial charge is 0.254 e. The van der Waals surface area contributed by atoms with Crippen molar-refractivity contribution in [3.63, 3.8) is 0 Å². The molecule has 1 N–H and O–H groups in total. The molecule has 3 rings (SSSR count). The Morgan fingerprint density at radius 1 is 1.00 bits per heavy atom. The Bertz CT molecular complexity index is 625. The second-order valence-electron chi connectivity index (χ2n) is 7.27. The zero-order valence-corrected chi connectivity index (χ0v) is 17.4. The van der Waals surface area contributed by atoms with Crippen molar-refractivity contribution in [3.05, 3.63) is 34.3 Å². The van der Waals surface area contributed by atoms with Crippen LogP contribution < -0.4 is 5.32 Å². The average Bonchev–Trinajstić information content (AvgIpc) is 2.72. The van der Waals surface area contributed by atoms with Crippen LogP contribution in [0.1, 0.15) is 29.6 Å². The summed E-state index contributed by atoms with van der Waals surface area (Å²) < 4.78 is 0.941. The van der Waals surface area contributed by atoms with Gasteiger partial charge in [0.2, 0.25) is 5.91 Å². The van der Waals surface area contributed by atoms with Crippen molar-refractivity contribution in [1.29, 1.82) is 0 Å². The highest BCUT2D eigenvalue weighted by molar-refractivity contribution is 9.10. The first-order valence-corrected chi connectivity index (χ1v) is 10.7. The van der Waals surface area contributed by atoms with Crippen LogP contribution in [0.2, 0.25) is 0 Å². The van der Waals surface area contributed by atoms with Gasteiger partial charge in [0.1, 0.15) is 6.54 Å². The molecule has 0 spiro atoms. The number of carbonyl (C=O) groups is 2. The van der Waals surface area contributed by atoms with Crippen molar-refractivity contribution in [2.75, 3.05) is 58.9 Å². The van der Waals surface area contributed by atoms with Gasteiger partial charge in [-0.15, -0.1) is 0 Å². The molecule has 0 aromatic heterocycles. The Morgan fingerprint density at radius 2 is 1.67 bits per heavy atom. The molecule has 2 saturated heterocycles. The SMILES string of the molecule is O=C(CN(CCN1CCCCC1)C(=O)c1ccc(Br)cc1)N1CCNCC1. The van der Waals surface area contributed by atoms with Gasteiger partial charge in [-0.1, -0.05) is 22.4 Å². The number of hydrogen-bond acceptors (Lipinski definition) is 4. The van der Waals surface area contributed by atoms with Crippen LogP contribution in [0.3, 0.4) is 0 Å². The molecule has 0 aliphatic carbocycles. The van der Waals surface area contributed by atoms with E-state index in [1.54, 1.807) is 4.90 Å². The fourth-order valence-electron chi connectivity index (χ4n) is 3.65. The van der Waals surface area contributed by atoms with E-state index in [0.717, 1.165) is 37.2 Å². The van der Waals surface area contributed by atoms with Gasteiger partial charge in [-0.05, 0) is 50.2 Å². The van der Waals surface area contributed by atoms with Crippen molar-refractivity contribution in [3.8, 4) is 0 Å². The molecule has 0 unspecified atom stereocenters. The van der Waals surface area contributed by atoms with Crippen molar-refractivity contribution < 1.29 is 9.59 Å². The van der Waals surface area contributed by atoms with Gasteiger partial charge in [0, 0.05) is 49.3 Å². The zero-order valence-electron chi connectivity index (χ0n) is 15.8. The summed E-state index contributed by atoms with van der Waals surface area (Å²) in [6.07, 6.45) is 3.74. The summed E-state index contributed by atoms with van der Waals surface area (Å²) in [6, 6.07) is 7.37. The Morgan fingerprint density at radius 3 is 2.33 bits per heavy atom. The maximum atomic E-state index is 13.1. The quantitative estimate of drug-likeness (QED) is 0.738. The molecule has 0 bridgehead atoms. The minimum absolute atomic E-state index is 0.0422. The highest BCUT2D eigenvalue weighted by atomic mass is 79.9. The lowest BCUT2D eigenvalue weighted by molar-refractivity contribution is -0.132. The van der Waals surface area contributed by atoms with E-state index in [1.807, 2.05) is 29.2 Å². The molecule has 7 heteroatoms. The molecule has 2 amide bonds. The molecule has 6 nitrogen and oxygen atoms in total. The molecule has 0 saturated carbocycles. The fourth-order valence-corrected chi connectivity index (χ4v) is 3.91. The zero-order chi connectivity index (χ0) is 19.1. The molecular formula is C20H29BrN4O2. The van der Waals surface area contributed by atoms with Gasteiger partial charge in [0.15, 0.2) is 0 Å². The summed E-state index contributed by atoms with van der Waals surface area (Å²) in [5.41, 5.74) is 0.630.